The zero-order valence-electron chi connectivity index (χ0n) is 10.8. The van der Waals surface area contributed by atoms with Crippen molar-refractivity contribution in [1.29, 1.82) is 0 Å². The lowest BCUT2D eigenvalue weighted by Gasteiger charge is -2.29. The van der Waals surface area contributed by atoms with Crippen LogP contribution in [0.15, 0.2) is 11.1 Å². The van der Waals surface area contributed by atoms with E-state index in [0.717, 1.165) is 30.4 Å². The highest BCUT2D eigenvalue weighted by atomic mass is 16.1. The van der Waals surface area contributed by atoms with Gasteiger partial charge in [0, 0.05) is 12.3 Å². The van der Waals surface area contributed by atoms with Crippen molar-refractivity contribution in [3.63, 3.8) is 0 Å². The molecular weight excluding hydrogens is 200 g/mol. The third-order valence-electron chi connectivity index (χ3n) is 3.58. The number of Topliss-reactive ketones (excluding diaryl/α,β-unsaturated/α-hetero) is 2. The fourth-order valence-electron chi connectivity index (χ4n) is 2.45. The van der Waals surface area contributed by atoms with Gasteiger partial charge in [-0.3, -0.25) is 4.79 Å². The highest BCUT2D eigenvalue weighted by molar-refractivity contribution is 5.98. The molecule has 0 N–H and O–H groups in total. The summed E-state index contributed by atoms with van der Waals surface area (Å²) < 4.78 is 0. The highest BCUT2D eigenvalue weighted by Crippen LogP contribution is 2.34. The summed E-state index contributed by atoms with van der Waals surface area (Å²) in [4.78, 5) is 23.2. The zero-order valence-corrected chi connectivity index (χ0v) is 10.8. The third-order valence-corrected chi connectivity index (χ3v) is 3.58. The van der Waals surface area contributed by atoms with Crippen LogP contribution in [0, 0.1) is 11.8 Å². The lowest BCUT2D eigenvalue weighted by molar-refractivity contribution is -0.123. The Hall–Kier alpha value is -0.920. The van der Waals surface area contributed by atoms with Crippen LogP contribution in [0.25, 0.3) is 0 Å². The molecule has 0 bridgehead atoms. The Bertz CT molecular complexity index is 322. The van der Waals surface area contributed by atoms with Gasteiger partial charge in [0.15, 0.2) is 5.78 Å². The van der Waals surface area contributed by atoms with Gasteiger partial charge in [0.05, 0.1) is 0 Å². The molecule has 1 rings (SSSR count). The number of hydrogen-bond donors (Lipinski definition) is 0. The molecule has 2 heteroatoms. The molecule has 0 aromatic rings. The molecule has 1 saturated carbocycles. The van der Waals surface area contributed by atoms with Gasteiger partial charge in [-0.05, 0) is 51.5 Å². The van der Waals surface area contributed by atoms with Gasteiger partial charge in [0.1, 0.15) is 5.78 Å². The summed E-state index contributed by atoms with van der Waals surface area (Å²) in [6.07, 6.45) is 3.26. The monoisotopic (exact) mass is 222 g/mol. The van der Waals surface area contributed by atoms with Gasteiger partial charge in [0.25, 0.3) is 0 Å². The van der Waals surface area contributed by atoms with Crippen molar-refractivity contribution >= 4 is 11.6 Å². The summed E-state index contributed by atoms with van der Waals surface area (Å²) >= 11 is 0. The van der Waals surface area contributed by atoms with Crippen LogP contribution < -0.4 is 0 Å². The van der Waals surface area contributed by atoms with Crippen molar-refractivity contribution in [2.75, 3.05) is 0 Å². The maximum atomic E-state index is 12.2. The molecule has 0 aromatic carbocycles. The standard InChI is InChI=1S/C14H22O2/c1-9(2)12-7-5-10(3)13(14(12)16)8-6-11(4)15/h10,13H,5-8H2,1-4H3. The topological polar surface area (TPSA) is 34.1 Å². The largest absolute Gasteiger partial charge is 0.300 e. The summed E-state index contributed by atoms with van der Waals surface area (Å²) in [7, 11) is 0. The molecule has 90 valence electrons. The highest BCUT2D eigenvalue weighted by Gasteiger charge is 2.32. The second-order valence-electron chi connectivity index (χ2n) is 5.21. The molecule has 0 aromatic heterocycles. The first-order valence-electron chi connectivity index (χ1n) is 6.13. The zero-order chi connectivity index (χ0) is 12.3. The number of ketones is 2. The first-order chi connectivity index (χ1) is 7.43. The Kier molecular flexibility index (Phi) is 4.45. The van der Waals surface area contributed by atoms with Crippen molar-refractivity contribution in [2.24, 2.45) is 11.8 Å². The van der Waals surface area contributed by atoms with Crippen LogP contribution in [0.1, 0.15) is 53.4 Å². The minimum absolute atomic E-state index is 0.0718. The van der Waals surface area contributed by atoms with Crippen LogP contribution >= 0.6 is 0 Å². The molecule has 0 saturated heterocycles. The lowest BCUT2D eigenvalue weighted by atomic mass is 9.73. The van der Waals surface area contributed by atoms with Crippen LogP contribution in [0.4, 0.5) is 0 Å². The van der Waals surface area contributed by atoms with E-state index in [0.29, 0.717) is 18.1 Å². The Balaban J connectivity index is 2.76. The van der Waals surface area contributed by atoms with Gasteiger partial charge < -0.3 is 4.79 Å². The van der Waals surface area contributed by atoms with E-state index in [1.54, 1.807) is 6.92 Å². The first kappa shape index (κ1) is 13.1. The number of carbonyl (C=O) groups excluding carboxylic acids is 2. The van der Waals surface area contributed by atoms with Crippen LogP contribution in [0.3, 0.4) is 0 Å². The Morgan fingerprint density at radius 1 is 1.31 bits per heavy atom. The van der Waals surface area contributed by atoms with Crippen molar-refractivity contribution in [3.8, 4) is 0 Å². The predicted molar refractivity (Wildman–Crippen MR) is 65.2 cm³/mol. The smallest absolute Gasteiger partial charge is 0.162 e. The maximum absolute atomic E-state index is 12.2. The Morgan fingerprint density at radius 2 is 1.94 bits per heavy atom. The third kappa shape index (κ3) is 3.03. The summed E-state index contributed by atoms with van der Waals surface area (Å²) in [6.45, 7) is 7.74. The van der Waals surface area contributed by atoms with Gasteiger partial charge in [-0.2, -0.15) is 0 Å². The molecule has 2 unspecified atom stereocenters. The summed E-state index contributed by atoms with van der Waals surface area (Å²) in [5.41, 5.74) is 2.15. The van der Waals surface area contributed by atoms with E-state index < -0.39 is 0 Å². The fraction of sp³-hybridized carbons (Fsp3) is 0.714. The molecule has 0 aliphatic heterocycles. The molecule has 0 spiro atoms. The number of allylic oxidation sites excluding steroid dienone is 2. The normalized spacial score (nSPS) is 25.8. The van der Waals surface area contributed by atoms with Gasteiger partial charge in [-0.1, -0.05) is 12.5 Å². The van der Waals surface area contributed by atoms with Crippen molar-refractivity contribution in [2.45, 2.75) is 53.4 Å². The molecule has 16 heavy (non-hydrogen) atoms. The van der Waals surface area contributed by atoms with Gasteiger partial charge in [-0.15, -0.1) is 0 Å². The predicted octanol–water partition coefficient (Wildman–Crippen LogP) is 3.31. The molecule has 0 radical (unpaired) electrons. The van der Waals surface area contributed by atoms with E-state index in [1.165, 1.54) is 0 Å². The van der Waals surface area contributed by atoms with Gasteiger partial charge >= 0.3 is 0 Å². The number of rotatable bonds is 3. The van der Waals surface area contributed by atoms with E-state index in [-0.39, 0.29) is 11.7 Å². The fourth-order valence-corrected chi connectivity index (χ4v) is 2.45. The van der Waals surface area contributed by atoms with E-state index in [4.69, 9.17) is 0 Å². The summed E-state index contributed by atoms with van der Waals surface area (Å²) in [5, 5.41) is 0. The average molecular weight is 222 g/mol. The quantitative estimate of drug-likeness (QED) is 0.686. The number of hydrogen-bond acceptors (Lipinski definition) is 2. The van der Waals surface area contributed by atoms with Crippen molar-refractivity contribution in [1.82, 2.24) is 0 Å². The van der Waals surface area contributed by atoms with Crippen LogP contribution in [-0.4, -0.2) is 11.6 Å². The van der Waals surface area contributed by atoms with E-state index >= 15 is 0 Å². The lowest BCUT2D eigenvalue weighted by Crippen LogP contribution is -2.29. The summed E-state index contributed by atoms with van der Waals surface area (Å²) in [5.74, 6) is 0.974. The van der Waals surface area contributed by atoms with E-state index in [2.05, 4.69) is 6.92 Å². The maximum Gasteiger partial charge on any atom is 0.162 e. The Labute approximate surface area is 98.1 Å². The molecule has 0 amide bonds. The van der Waals surface area contributed by atoms with Crippen molar-refractivity contribution < 1.29 is 9.59 Å². The summed E-state index contributed by atoms with van der Waals surface area (Å²) in [6, 6.07) is 0. The minimum Gasteiger partial charge on any atom is -0.300 e. The van der Waals surface area contributed by atoms with Gasteiger partial charge in [-0.25, -0.2) is 0 Å². The molecule has 2 nitrogen and oxygen atoms in total. The average Bonchev–Trinajstić information content (AvgIpc) is 2.16. The molecular formula is C14H22O2. The number of carbonyl (C=O) groups is 2. The van der Waals surface area contributed by atoms with Crippen molar-refractivity contribution in [3.05, 3.63) is 11.1 Å². The van der Waals surface area contributed by atoms with Crippen LogP contribution in [0.2, 0.25) is 0 Å². The second kappa shape index (κ2) is 5.42. The molecule has 0 heterocycles. The molecule has 1 aliphatic carbocycles. The van der Waals surface area contributed by atoms with Crippen LogP contribution in [0.5, 0.6) is 0 Å². The molecule has 1 aliphatic rings. The second-order valence-corrected chi connectivity index (χ2v) is 5.21. The van der Waals surface area contributed by atoms with Gasteiger partial charge in [0.2, 0.25) is 0 Å². The molecule has 1 fully saturated rings. The molecule has 2 atom stereocenters. The minimum atomic E-state index is 0.0718. The van der Waals surface area contributed by atoms with E-state index in [1.807, 2.05) is 13.8 Å². The van der Waals surface area contributed by atoms with Crippen LogP contribution in [-0.2, 0) is 9.59 Å². The van der Waals surface area contributed by atoms with E-state index in [9.17, 15) is 9.59 Å². The SMILES string of the molecule is CC(=O)CCC1C(=O)C(=C(C)C)CCC1C. The Morgan fingerprint density at radius 3 is 2.44 bits per heavy atom. The first-order valence-corrected chi connectivity index (χ1v) is 6.13.